The fourth-order valence-electron chi connectivity index (χ4n) is 6.11. The molecular weight excluding hydrogens is 538 g/mol. The minimum absolute atomic E-state index is 0.00367. The zero-order valence-electron chi connectivity index (χ0n) is 23.0. The number of carbonyl (C=O) groups excluding carboxylic acids is 3. The van der Waals surface area contributed by atoms with Crippen molar-refractivity contribution in [2.75, 3.05) is 7.11 Å². The lowest BCUT2D eigenvalue weighted by molar-refractivity contribution is -0.252. The maximum atomic E-state index is 13.7. The molecule has 1 saturated heterocycles. The first-order valence-electron chi connectivity index (χ1n) is 13.3. The standard InChI is InChI=1S/C29H33NO11/c1-11-24(33)16(30-13(3)32)8-19(40-11)41-18-10-29(38,12(2)31)9-15-21(18)28(37)23-22(26(15)35)25(34)14-6-5-7-17(39-4)20(14)27(23)36/h5-7,11-12,16,18-19,24,31,33,35,37-38H,8-10H2,1-4H3,(H,30,32)/t11-,12+,16+,18+,19-,24+,29-/m1/s1. The smallest absolute Gasteiger partial charge is 0.217 e. The number of hydrogen-bond donors (Lipinski definition) is 6. The van der Waals surface area contributed by atoms with Gasteiger partial charge in [-0.1, -0.05) is 12.1 Å². The summed E-state index contributed by atoms with van der Waals surface area (Å²) in [6.07, 6.45) is -6.03. The molecule has 0 unspecified atom stereocenters. The summed E-state index contributed by atoms with van der Waals surface area (Å²) < 4.78 is 17.3. The van der Waals surface area contributed by atoms with Crippen molar-refractivity contribution >= 4 is 17.5 Å². The van der Waals surface area contributed by atoms with Crippen LogP contribution in [-0.4, -0.2) is 86.4 Å². The summed E-state index contributed by atoms with van der Waals surface area (Å²) in [7, 11) is 1.34. The Labute approximate surface area is 235 Å². The third kappa shape index (κ3) is 4.65. The van der Waals surface area contributed by atoms with E-state index in [1.807, 2.05) is 0 Å². The summed E-state index contributed by atoms with van der Waals surface area (Å²) >= 11 is 0. The molecule has 41 heavy (non-hydrogen) atoms. The number of phenols is 2. The second kappa shape index (κ2) is 10.4. The maximum absolute atomic E-state index is 13.7. The molecule has 12 heteroatoms. The number of ether oxygens (including phenoxy) is 3. The van der Waals surface area contributed by atoms with Gasteiger partial charge in [-0.3, -0.25) is 14.4 Å². The van der Waals surface area contributed by atoms with Gasteiger partial charge in [0.15, 0.2) is 12.1 Å². The average molecular weight is 572 g/mol. The molecule has 2 aliphatic carbocycles. The number of phenolic OH excluding ortho intramolecular Hbond substituents is 2. The van der Waals surface area contributed by atoms with Crippen LogP contribution in [0.25, 0.3) is 0 Å². The van der Waals surface area contributed by atoms with Gasteiger partial charge in [0.25, 0.3) is 0 Å². The maximum Gasteiger partial charge on any atom is 0.217 e. The lowest BCUT2D eigenvalue weighted by Gasteiger charge is -2.44. The van der Waals surface area contributed by atoms with Crippen LogP contribution < -0.4 is 10.1 Å². The van der Waals surface area contributed by atoms with Gasteiger partial charge < -0.3 is 45.1 Å². The molecule has 6 N–H and O–H groups in total. The molecule has 5 rings (SSSR count). The van der Waals surface area contributed by atoms with Crippen molar-refractivity contribution in [3.63, 3.8) is 0 Å². The van der Waals surface area contributed by atoms with Crippen LogP contribution in [0.2, 0.25) is 0 Å². The van der Waals surface area contributed by atoms with Crippen molar-refractivity contribution in [3.05, 3.63) is 51.6 Å². The van der Waals surface area contributed by atoms with E-state index in [1.54, 1.807) is 6.92 Å². The number of fused-ring (bicyclic) bond motifs is 3. The zero-order valence-corrected chi connectivity index (χ0v) is 23.0. The van der Waals surface area contributed by atoms with Crippen LogP contribution in [0, 0.1) is 0 Å². The van der Waals surface area contributed by atoms with Crippen molar-refractivity contribution in [1.29, 1.82) is 0 Å². The molecule has 0 saturated carbocycles. The van der Waals surface area contributed by atoms with Crippen molar-refractivity contribution in [1.82, 2.24) is 5.32 Å². The molecule has 2 aromatic rings. The fraction of sp³-hybridized carbons (Fsp3) is 0.483. The van der Waals surface area contributed by atoms with E-state index in [0.717, 1.165) is 0 Å². The third-order valence-corrected chi connectivity index (χ3v) is 8.29. The normalized spacial score (nSPS) is 29.7. The summed E-state index contributed by atoms with van der Waals surface area (Å²) in [6, 6.07) is 3.71. The molecule has 2 aromatic carbocycles. The Kier molecular flexibility index (Phi) is 7.33. The van der Waals surface area contributed by atoms with Gasteiger partial charge in [-0.15, -0.1) is 0 Å². The molecule has 3 aliphatic rings. The Morgan fingerprint density at radius 3 is 2.46 bits per heavy atom. The van der Waals surface area contributed by atoms with Gasteiger partial charge in [0.1, 0.15) is 23.4 Å². The molecule has 1 aliphatic heterocycles. The number of rotatable bonds is 5. The topological polar surface area (TPSA) is 192 Å². The second-order valence-corrected chi connectivity index (χ2v) is 11.0. The Balaban J connectivity index is 1.64. The van der Waals surface area contributed by atoms with Crippen molar-refractivity contribution in [2.45, 2.75) is 82.4 Å². The molecule has 1 heterocycles. The minimum Gasteiger partial charge on any atom is -0.507 e. The van der Waals surface area contributed by atoms with Crippen LogP contribution >= 0.6 is 0 Å². The number of aliphatic hydroxyl groups is 3. The van der Waals surface area contributed by atoms with Gasteiger partial charge in [-0.05, 0) is 19.9 Å². The Bertz CT molecular complexity index is 1440. The van der Waals surface area contributed by atoms with Crippen LogP contribution in [0.4, 0.5) is 0 Å². The number of hydrogen-bond acceptors (Lipinski definition) is 11. The molecule has 1 amide bonds. The summed E-state index contributed by atoms with van der Waals surface area (Å²) in [4.78, 5) is 39.0. The number of aliphatic hydroxyl groups excluding tert-OH is 2. The molecule has 220 valence electrons. The molecule has 0 spiro atoms. The van der Waals surface area contributed by atoms with Crippen LogP contribution in [0.5, 0.6) is 17.2 Å². The highest BCUT2D eigenvalue weighted by molar-refractivity contribution is 6.31. The highest BCUT2D eigenvalue weighted by Gasteiger charge is 2.49. The van der Waals surface area contributed by atoms with Crippen LogP contribution in [-0.2, 0) is 20.7 Å². The molecule has 12 nitrogen and oxygen atoms in total. The van der Waals surface area contributed by atoms with Gasteiger partial charge in [-0.25, -0.2) is 0 Å². The minimum atomic E-state index is -1.85. The van der Waals surface area contributed by atoms with Crippen LogP contribution in [0.15, 0.2) is 18.2 Å². The summed E-state index contributed by atoms with van der Waals surface area (Å²) in [5, 5.41) is 58.0. The van der Waals surface area contributed by atoms with E-state index in [2.05, 4.69) is 5.32 Å². The number of carbonyl (C=O) groups is 3. The Morgan fingerprint density at radius 2 is 1.83 bits per heavy atom. The van der Waals surface area contributed by atoms with Crippen molar-refractivity contribution in [2.24, 2.45) is 0 Å². The number of nitrogens with one attached hydrogen (secondary N) is 1. The Hall–Kier alpha value is -3.55. The van der Waals surface area contributed by atoms with E-state index >= 15 is 0 Å². The predicted octanol–water partition coefficient (Wildman–Crippen LogP) is 0.998. The lowest BCUT2D eigenvalue weighted by Crippen LogP contribution is -2.55. The molecule has 0 bridgehead atoms. The van der Waals surface area contributed by atoms with Crippen LogP contribution in [0.3, 0.4) is 0 Å². The second-order valence-electron chi connectivity index (χ2n) is 11.0. The van der Waals surface area contributed by atoms with Crippen LogP contribution in [0.1, 0.15) is 82.7 Å². The number of benzene rings is 2. The number of aromatic hydroxyl groups is 2. The lowest BCUT2D eigenvalue weighted by atomic mass is 9.71. The molecule has 7 atom stereocenters. The van der Waals surface area contributed by atoms with Gasteiger partial charge in [0, 0.05) is 42.9 Å². The largest absolute Gasteiger partial charge is 0.507 e. The molecular formula is C29H33NO11. The Morgan fingerprint density at radius 1 is 1.15 bits per heavy atom. The zero-order chi connectivity index (χ0) is 30.0. The summed E-state index contributed by atoms with van der Waals surface area (Å²) in [5.74, 6) is -2.94. The molecule has 1 fully saturated rings. The van der Waals surface area contributed by atoms with Gasteiger partial charge in [0.05, 0.1) is 53.8 Å². The van der Waals surface area contributed by atoms with Crippen molar-refractivity contribution in [3.8, 4) is 17.2 Å². The first-order chi connectivity index (χ1) is 19.3. The number of amides is 1. The first kappa shape index (κ1) is 29.0. The van der Waals surface area contributed by atoms with E-state index < -0.39 is 76.5 Å². The number of ketones is 2. The SMILES string of the molecule is COc1cccc2c1C(=O)c1c(O)c3c(c(O)c1C2=O)C[C@](O)([C@H](C)O)C[C@@H]3O[C@@H]1C[C@H](NC(C)=O)[C@@H](O)[C@@H](C)O1. The highest BCUT2D eigenvalue weighted by Crippen LogP contribution is 2.52. The highest BCUT2D eigenvalue weighted by atomic mass is 16.7. The van der Waals surface area contributed by atoms with E-state index in [9.17, 15) is 39.9 Å². The van der Waals surface area contributed by atoms with E-state index in [-0.39, 0.29) is 53.2 Å². The van der Waals surface area contributed by atoms with E-state index in [0.29, 0.717) is 0 Å². The number of methoxy groups -OCH3 is 1. The molecule has 0 aromatic heterocycles. The summed E-state index contributed by atoms with van der Waals surface area (Å²) in [5.41, 5.74) is -2.87. The summed E-state index contributed by atoms with van der Waals surface area (Å²) in [6.45, 7) is 4.25. The van der Waals surface area contributed by atoms with Gasteiger partial charge in [-0.2, -0.15) is 0 Å². The molecule has 0 radical (unpaired) electrons. The predicted molar refractivity (Wildman–Crippen MR) is 141 cm³/mol. The quantitative estimate of drug-likeness (QED) is 0.239. The third-order valence-electron chi connectivity index (χ3n) is 8.29. The van der Waals surface area contributed by atoms with E-state index in [4.69, 9.17) is 14.2 Å². The average Bonchev–Trinajstić information content (AvgIpc) is 2.91. The fourth-order valence-corrected chi connectivity index (χ4v) is 6.11. The van der Waals surface area contributed by atoms with Crippen molar-refractivity contribution < 1.29 is 54.1 Å². The van der Waals surface area contributed by atoms with Gasteiger partial charge >= 0.3 is 0 Å². The van der Waals surface area contributed by atoms with E-state index in [1.165, 1.54) is 39.2 Å². The van der Waals surface area contributed by atoms with Gasteiger partial charge in [0.2, 0.25) is 11.7 Å². The monoisotopic (exact) mass is 571 g/mol. The first-order valence-corrected chi connectivity index (χ1v) is 13.3.